The summed E-state index contributed by atoms with van der Waals surface area (Å²) in [5.41, 5.74) is 4.50. The fourth-order valence-electron chi connectivity index (χ4n) is 3.66. The van der Waals surface area contributed by atoms with E-state index < -0.39 is 10.0 Å². The van der Waals surface area contributed by atoms with Gasteiger partial charge in [0.25, 0.3) is 5.91 Å². The third-order valence-electron chi connectivity index (χ3n) is 5.34. The number of fused-ring (bicyclic) bond motifs is 1. The molecule has 10 heteroatoms. The number of nitrogens with zero attached hydrogens (tertiary/aromatic N) is 2. The lowest BCUT2D eigenvalue weighted by Crippen LogP contribution is -2.12. The second-order valence-electron chi connectivity index (χ2n) is 7.64. The standard InChI is InChI=1S/C24H17ClN4O4S/c25-20-8-5-17(28-24(30)22-2-1-9-33-22)12-19(20)21-11-15-10-16(13-27-23(15)29-21)14-3-6-18(7-4-14)34(26,31)32/h1-10,12-13H,11H2,(H,28,30)(H2,26,31,32). The van der Waals surface area contributed by atoms with E-state index >= 15 is 0 Å². The predicted molar refractivity (Wildman–Crippen MR) is 129 cm³/mol. The largest absolute Gasteiger partial charge is 0.459 e. The molecule has 34 heavy (non-hydrogen) atoms. The zero-order valence-electron chi connectivity index (χ0n) is 17.5. The first-order valence-corrected chi connectivity index (χ1v) is 12.0. The fourth-order valence-corrected chi connectivity index (χ4v) is 4.40. The Kier molecular flexibility index (Phi) is 5.52. The van der Waals surface area contributed by atoms with Gasteiger partial charge in [0.15, 0.2) is 11.6 Å². The number of halogens is 1. The maximum absolute atomic E-state index is 12.3. The molecule has 0 unspecified atom stereocenters. The lowest BCUT2D eigenvalue weighted by atomic mass is 10.0. The van der Waals surface area contributed by atoms with Crippen molar-refractivity contribution in [3.63, 3.8) is 0 Å². The van der Waals surface area contributed by atoms with Crippen LogP contribution in [0, 0.1) is 0 Å². The van der Waals surface area contributed by atoms with E-state index in [0.29, 0.717) is 28.5 Å². The van der Waals surface area contributed by atoms with E-state index in [1.807, 2.05) is 6.07 Å². The summed E-state index contributed by atoms with van der Waals surface area (Å²) in [4.78, 5) is 21.4. The van der Waals surface area contributed by atoms with Gasteiger partial charge in [0.1, 0.15) is 0 Å². The molecule has 170 valence electrons. The van der Waals surface area contributed by atoms with E-state index in [1.165, 1.54) is 18.4 Å². The lowest BCUT2D eigenvalue weighted by Gasteiger charge is -2.08. The highest BCUT2D eigenvalue weighted by molar-refractivity contribution is 7.89. The van der Waals surface area contributed by atoms with Gasteiger partial charge in [-0.15, -0.1) is 0 Å². The van der Waals surface area contributed by atoms with Gasteiger partial charge in [0.2, 0.25) is 10.0 Å². The average molecular weight is 493 g/mol. The average Bonchev–Trinajstić information content (AvgIpc) is 3.49. The summed E-state index contributed by atoms with van der Waals surface area (Å²) in [6.07, 6.45) is 3.61. The van der Waals surface area contributed by atoms with Crippen molar-refractivity contribution in [3.05, 3.63) is 95.0 Å². The van der Waals surface area contributed by atoms with Crippen LogP contribution in [0.3, 0.4) is 0 Å². The van der Waals surface area contributed by atoms with E-state index in [1.54, 1.807) is 48.7 Å². The van der Waals surface area contributed by atoms with Crippen molar-refractivity contribution in [2.24, 2.45) is 10.1 Å². The normalized spacial score (nSPS) is 12.8. The molecule has 3 heterocycles. The van der Waals surface area contributed by atoms with E-state index in [9.17, 15) is 13.2 Å². The number of hydrogen-bond donors (Lipinski definition) is 2. The summed E-state index contributed by atoms with van der Waals surface area (Å²) in [7, 11) is -3.76. The highest BCUT2D eigenvalue weighted by Gasteiger charge is 2.21. The molecule has 0 saturated carbocycles. The summed E-state index contributed by atoms with van der Waals surface area (Å²) < 4.78 is 28.1. The maximum Gasteiger partial charge on any atom is 0.291 e. The first kappa shape index (κ1) is 22.0. The molecule has 2 aromatic heterocycles. The van der Waals surface area contributed by atoms with Crippen molar-refractivity contribution < 1.29 is 17.6 Å². The second-order valence-corrected chi connectivity index (χ2v) is 9.61. The van der Waals surface area contributed by atoms with Crippen molar-refractivity contribution in [1.29, 1.82) is 0 Å². The Morgan fingerprint density at radius 3 is 2.56 bits per heavy atom. The van der Waals surface area contributed by atoms with Gasteiger partial charge in [-0.05, 0) is 54.1 Å². The molecule has 2 aromatic carbocycles. The molecule has 5 rings (SSSR count). The van der Waals surface area contributed by atoms with Crippen LogP contribution in [0.15, 0.2) is 87.4 Å². The SMILES string of the molecule is NS(=O)(=O)c1ccc(-c2cnc3c(c2)CC(c2cc(NC(=O)c4ccco4)ccc2Cl)=N3)cc1. The summed E-state index contributed by atoms with van der Waals surface area (Å²) in [6, 6.07) is 16.6. The lowest BCUT2D eigenvalue weighted by molar-refractivity contribution is 0.0996. The topological polar surface area (TPSA) is 128 Å². The molecule has 1 aliphatic rings. The Labute approximate surface area is 200 Å². The molecule has 1 amide bonds. The first-order chi connectivity index (χ1) is 16.3. The van der Waals surface area contributed by atoms with Crippen molar-refractivity contribution in [2.75, 3.05) is 5.32 Å². The minimum absolute atomic E-state index is 0.0460. The van der Waals surface area contributed by atoms with Crippen molar-refractivity contribution >= 4 is 44.7 Å². The third-order valence-corrected chi connectivity index (χ3v) is 6.60. The van der Waals surface area contributed by atoms with Crippen molar-refractivity contribution in [3.8, 4) is 11.1 Å². The number of anilines is 1. The number of aromatic nitrogens is 1. The number of carbonyl (C=O) groups is 1. The van der Waals surface area contributed by atoms with E-state index in [0.717, 1.165) is 22.4 Å². The van der Waals surface area contributed by atoms with E-state index in [4.69, 9.17) is 21.2 Å². The summed E-state index contributed by atoms with van der Waals surface area (Å²) in [6.45, 7) is 0. The Morgan fingerprint density at radius 1 is 1.06 bits per heavy atom. The molecule has 0 saturated heterocycles. The predicted octanol–water partition coefficient (Wildman–Crippen LogP) is 4.57. The Balaban J connectivity index is 1.38. The van der Waals surface area contributed by atoms with Crippen LogP contribution in [0.4, 0.5) is 11.5 Å². The van der Waals surface area contributed by atoms with Gasteiger partial charge < -0.3 is 9.73 Å². The van der Waals surface area contributed by atoms with Crippen LogP contribution in [0.5, 0.6) is 0 Å². The van der Waals surface area contributed by atoms with Crippen LogP contribution in [0.2, 0.25) is 5.02 Å². The Morgan fingerprint density at radius 2 is 1.85 bits per heavy atom. The Hall–Kier alpha value is -3.79. The first-order valence-electron chi connectivity index (χ1n) is 10.1. The number of nitrogens with one attached hydrogen (secondary N) is 1. The Bertz CT molecular complexity index is 1550. The van der Waals surface area contributed by atoms with E-state index in [2.05, 4.69) is 15.3 Å². The number of rotatable bonds is 5. The molecule has 3 N–H and O–H groups in total. The quantitative estimate of drug-likeness (QED) is 0.421. The number of pyridine rings is 1. The van der Waals surface area contributed by atoms with Gasteiger partial charge in [-0.1, -0.05) is 23.7 Å². The van der Waals surface area contributed by atoms with Gasteiger partial charge in [0.05, 0.1) is 16.9 Å². The number of carbonyl (C=O) groups excluding carboxylic acids is 1. The van der Waals surface area contributed by atoms with Crippen molar-refractivity contribution in [2.45, 2.75) is 11.3 Å². The molecule has 0 fully saturated rings. The van der Waals surface area contributed by atoms with Gasteiger partial charge in [-0.25, -0.2) is 23.5 Å². The second kappa shape index (κ2) is 8.53. The monoisotopic (exact) mass is 492 g/mol. The third kappa shape index (κ3) is 4.36. The summed E-state index contributed by atoms with van der Waals surface area (Å²) in [5, 5.41) is 8.46. The highest BCUT2D eigenvalue weighted by Crippen LogP contribution is 2.33. The van der Waals surface area contributed by atoms with Gasteiger partial charge in [-0.2, -0.15) is 0 Å². The number of furan rings is 1. The van der Waals surface area contributed by atoms with Gasteiger partial charge in [-0.3, -0.25) is 4.79 Å². The number of nitrogens with two attached hydrogens (primary N) is 1. The number of amides is 1. The van der Waals surface area contributed by atoms with Crippen LogP contribution < -0.4 is 10.5 Å². The molecule has 1 aliphatic heterocycles. The summed E-state index contributed by atoms with van der Waals surface area (Å²) in [5.74, 6) is 0.423. The minimum Gasteiger partial charge on any atom is -0.459 e. The number of primary sulfonamides is 1. The zero-order valence-corrected chi connectivity index (χ0v) is 19.1. The molecule has 0 atom stereocenters. The molecule has 0 spiro atoms. The molecule has 4 aromatic rings. The molecule has 0 bridgehead atoms. The number of sulfonamides is 1. The number of benzene rings is 2. The zero-order chi connectivity index (χ0) is 23.9. The van der Waals surface area contributed by atoms with E-state index in [-0.39, 0.29) is 16.6 Å². The van der Waals surface area contributed by atoms with Crippen LogP contribution in [-0.2, 0) is 16.4 Å². The molecular formula is C24H17ClN4O4S. The highest BCUT2D eigenvalue weighted by atomic mass is 35.5. The minimum atomic E-state index is -3.76. The van der Waals surface area contributed by atoms with Gasteiger partial charge >= 0.3 is 0 Å². The molecular weight excluding hydrogens is 476 g/mol. The maximum atomic E-state index is 12.3. The number of hydrogen-bond acceptors (Lipinski definition) is 6. The molecule has 0 radical (unpaired) electrons. The van der Waals surface area contributed by atoms with Crippen LogP contribution >= 0.6 is 11.6 Å². The molecule has 8 nitrogen and oxygen atoms in total. The van der Waals surface area contributed by atoms with Gasteiger partial charge in [0, 0.05) is 40.0 Å². The van der Waals surface area contributed by atoms with Crippen LogP contribution in [-0.4, -0.2) is 25.0 Å². The molecule has 0 aliphatic carbocycles. The van der Waals surface area contributed by atoms with Crippen LogP contribution in [0.1, 0.15) is 21.7 Å². The van der Waals surface area contributed by atoms with Crippen molar-refractivity contribution in [1.82, 2.24) is 4.98 Å². The number of aliphatic imine (C=N–C) groups is 1. The van der Waals surface area contributed by atoms with Crippen LogP contribution in [0.25, 0.3) is 11.1 Å². The fraction of sp³-hybridized carbons (Fsp3) is 0.0417. The smallest absolute Gasteiger partial charge is 0.291 e. The summed E-state index contributed by atoms with van der Waals surface area (Å²) >= 11 is 6.44.